The van der Waals surface area contributed by atoms with Crippen LogP contribution in [0.5, 0.6) is 5.75 Å². The van der Waals surface area contributed by atoms with Gasteiger partial charge >= 0.3 is 0 Å². The average molecular weight is 494 g/mol. The minimum atomic E-state index is -0.285. The molecule has 1 amide bonds. The van der Waals surface area contributed by atoms with Gasteiger partial charge in [-0.2, -0.15) is 5.26 Å². The summed E-state index contributed by atoms with van der Waals surface area (Å²) in [5, 5.41) is 12.5. The van der Waals surface area contributed by atoms with E-state index in [9.17, 15) is 14.4 Å². The molecule has 0 saturated heterocycles. The standard InChI is InChI=1S/C27H28FN3O3S/c1-33-10-11-34-23-7-3-4-19(13-23)14-26(32)30-27-15-21(16-29)24-18-31(9-8-25(24)35-27)17-20-5-2-6-22(28)12-20/h2-7,12-13,15,27H,8-11,14,17-18H2,1H3,(H,30,32). The maximum absolute atomic E-state index is 13.5. The highest BCUT2D eigenvalue weighted by atomic mass is 32.2. The van der Waals surface area contributed by atoms with E-state index in [0.29, 0.717) is 37.6 Å². The fraction of sp³-hybridized carbons (Fsp3) is 0.333. The Labute approximate surface area is 209 Å². The molecule has 1 atom stereocenters. The van der Waals surface area contributed by atoms with Crippen molar-refractivity contribution in [1.29, 1.82) is 5.26 Å². The average Bonchev–Trinajstić information content (AvgIpc) is 2.84. The molecule has 2 aliphatic rings. The van der Waals surface area contributed by atoms with Crippen LogP contribution in [0.25, 0.3) is 0 Å². The van der Waals surface area contributed by atoms with Gasteiger partial charge in [0.1, 0.15) is 18.2 Å². The number of halogens is 1. The maximum atomic E-state index is 13.5. The predicted octanol–water partition coefficient (Wildman–Crippen LogP) is 4.19. The van der Waals surface area contributed by atoms with Gasteiger partial charge in [-0.25, -0.2) is 4.39 Å². The van der Waals surface area contributed by atoms with Crippen LogP contribution in [-0.2, 0) is 22.5 Å². The fourth-order valence-corrected chi connectivity index (χ4v) is 5.42. The van der Waals surface area contributed by atoms with E-state index in [4.69, 9.17) is 9.47 Å². The van der Waals surface area contributed by atoms with Gasteiger partial charge in [0, 0.05) is 26.7 Å². The molecule has 6 nitrogen and oxygen atoms in total. The van der Waals surface area contributed by atoms with Crippen molar-refractivity contribution >= 4 is 17.7 Å². The zero-order chi connectivity index (χ0) is 24.6. The second-order valence-corrected chi connectivity index (χ2v) is 9.69. The fourth-order valence-electron chi connectivity index (χ4n) is 4.19. The third-order valence-corrected chi connectivity index (χ3v) is 7.07. The Morgan fingerprint density at radius 3 is 2.86 bits per heavy atom. The topological polar surface area (TPSA) is 74.6 Å². The van der Waals surface area contributed by atoms with Crippen molar-refractivity contribution < 1.29 is 18.7 Å². The van der Waals surface area contributed by atoms with Crippen LogP contribution in [0.1, 0.15) is 17.5 Å². The summed E-state index contributed by atoms with van der Waals surface area (Å²) in [6.45, 7) is 3.03. The molecule has 0 aliphatic carbocycles. The largest absolute Gasteiger partial charge is 0.491 e. The normalized spacial score (nSPS) is 17.9. The molecule has 0 radical (unpaired) electrons. The quantitative estimate of drug-likeness (QED) is 0.528. The van der Waals surface area contributed by atoms with Gasteiger partial charge in [-0.15, -0.1) is 11.8 Å². The van der Waals surface area contributed by atoms with Crippen LogP contribution in [0.4, 0.5) is 4.39 Å². The van der Waals surface area contributed by atoms with Crippen molar-refractivity contribution in [2.45, 2.75) is 24.8 Å². The number of amides is 1. The number of carbonyl (C=O) groups is 1. The molecule has 0 spiro atoms. The summed E-state index contributed by atoms with van der Waals surface area (Å²) < 4.78 is 24.2. The van der Waals surface area contributed by atoms with E-state index in [2.05, 4.69) is 16.3 Å². The summed E-state index contributed by atoms with van der Waals surface area (Å²) >= 11 is 1.60. The maximum Gasteiger partial charge on any atom is 0.225 e. The summed E-state index contributed by atoms with van der Waals surface area (Å²) in [7, 11) is 1.62. The minimum absolute atomic E-state index is 0.113. The van der Waals surface area contributed by atoms with Crippen LogP contribution in [0.15, 0.2) is 70.7 Å². The van der Waals surface area contributed by atoms with Gasteiger partial charge in [0.05, 0.1) is 30.0 Å². The van der Waals surface area contributed by atoms with Crippen LogP contribution >= 0.6 is 11.8 Å². The molecule has 182 valence electrons. The second-order valence-electron chi connectivity index (χ2n) is 8.46. The summed E-state index contributed by atoms with van der Waals surface area (Å²) in [6.07, 6.45) is 2.85. The number of rotatable bonds is 9. The van der Waals surface area contributed by atoms with Crippen LogP contribution in [0.2, 0.25) is 0 Å². The van der Waals surface area contributed by atoms with Crippen molar-refractivity contribution in [3.63, 3.8) is 0 Å². The van der Waals surface area contributed by atoms with Gasteiger partial charge in [0.15, 0.2) is 0 Å². The Morgan fingerprint density at radius 1 is 1.23 bits per heavy atom. The summed E-state index contributed by atoms with van der Waals surface area (Å²) in [5.74, 6) is 0.345. The summed E-state index contributed by atoms with van der Waals surface area (Å²) in [5.41, 5.74) is 3.37. The lowest BCUT2D eigenvalue weighted by atomic mass is 10.00. The summed E-state index contributed by atoms with van der Waals surface area (Å²) in [6, 6.07) is 16.4. The Kier molecular flexibility index (Phi) is 8.59. The highest BCUT2D eigenvalue weighted by Gasteiger charge is 2.28. The molecule has 4 rings (SSSR count). The van der Waals surface area contributed by atoms with E-state index in [1.807, 2.05) is 36.4 Å². The van der Waals surface area contributed by atoms with Crippen molar-refractivity contribution in [2.24, 2.45) is 0 Å². The van der Waals surface area contributed by atoms with Gasteiger partial charge in [0.2, 0.25) is 5.91 Å². The molecule has 8 heteroatoms. The zero-order valence-corrected chi connectivity index (χ0v) is 20.4. The Hall–Kier alpha value is -3.12. The number of nitrogens with zero attached hydrogens (tertiary/aromatic N) is 2. The monoisotopic (exact) mass is 493 g/mol. The van der Waals surface area contributed by atoms with Gasteiger partial charge in [-0.1, -0.05) is 24.3 Å². The summed E-state index contributed by atoms with van der Waals surface area (Å²) in [4.78, 5) is 16.1. The Morgan fingerprint density at radius 2 is 2.06 bits per heavy atom. The smallest absolute Gasteiger partial charge is 0.225 e. The highest BCUT2D eigenvalue weighted by molar-refractivity contribution is 8.03. The molecule has 2 heterocycles. The molecule has 1 N–H and O–H groups in total. The zero-order valence-electron chi connectivity index (χ0n) is 19.6. The number of hydrogen-bond acceptors (Lipinski definition) is 6. The number of nitrogens with one attached hydrogen (secondary N) is 1. The van der Waals surface area contributed by atoms with E-state index in [1.165, 1.54) is 6.07 Å². The number of methoxy groups -OCH3 is 1. The van der Waals surface area contributed by atoms with Crippen LogP contribution < -0.4 is 10.1 Å². The Bertz CT molecular complexity index is 1170. The molecular weight excluding hydrogens is 465 g/mol. The Balaban J connectivity index is 1.35. The minimum Gasteiger partial charge on any atom is -0.491 e. The molecule has 2 aromatic rings. The lowest BCUT2D eigenvalue weighted by Crippen LogP contribution is -2.37. The molecule has 0 saturated carbocycles. The number of ether oxygens (including phenoxy) is 2. The first-order valence-electron chi connectivity index (χ1n) is 11.5. The van der Waals surface area contributed by atoms with Crippen LogP contribution in [0.3, 0.4) is 0 Å². The second kappa shape index (κ2) is 12.0. The number of thioether (sulfide) groups is 1. The van der Waals surface area contributed by atoms with Gasteiger partial charge in [-0.05, 0) is 58.4 Å². The van der Waals surface area contributed by atoms with Crippen molar-refractivity contribution in [1.82, 2.24) is 10.2 Å². The number of carbonyl (C=O) groups excluding carboxylic acids is 1. The van der Waals surface area contributed by atoms with Gasteiger partial charge < -0.3 is 14.8 Å². The lowest BCUT2D eigenvalue weighted by molar-refractivity contribution is -0.120. The van der Waals surface area contributed by atoms with Gasteiger partial charge in [-0.3, -0.25) is 9.69 Å². The number of nitriles is 1. The number of benzene rings is 2. The van der Waals surface area contributed by atoms with Crippen LogP contribution in [0, 0.1) is 17.1 Å². The van der Waals surface area contributed by atoms with E-state index in [0.717, 1.165) is 34.6 Å². The first-order chi connectivity index (χ1) is 17.0. The third kappa shape index (κ3) is 6.95. The lowest BCUT2D eigenvalue weighted by Gasteiger charge is -2.34. The molecule has 1 unspecified atom stereocenters. The van der Waals surface area contributed by atoms with E-state index >= 15 is 0 Å². The predicted molar refractivity (Wildman–Crippen MR) is 134 cm³/mol. The van der Waals surface area contributed by atoms with Crippen molar-refractivity contribution in [3.8, 4) is 11.8 Å². The first kappa shape index (κ1) is 25.0. The van der Waals surface area contributed by atoms with Crippen LogP contribution in [-0.4, -0.2) is 49.6 Å². The molecule has 2 aromatic carbocycles. The molecular formula is C27H28FN3O3S. The molecule has 2 aliphatic heterocycles. The van der Waals surface area contributed by atoms with E-state index in [-0.39, 0.29) is 23.5 Å². The van der Waals surface area contributed by atoms with E-state index in [1.54, 1.807) is 31.0 Å². The van der Waals surface area contributed by atoms with Gasteiger partial charge in [0.25, 0.3) is 0 Å². The SMILES string of the molecule is COCCOc1cccc(CC(=O)NC2C=C(C#N)C3=C(CCN(Cc4cccc(F)c4)C3)S2)c1. The molecule has 0 fully saturated rings. The van der Waals surface area contributed by atoms with Crippen molar-refractivity contribution in [3.05, 3.63) is 87.6 Å². The third-order valence-electron chi connectivity index (χ3n) is 5.82. The number of hydrogen-bond donors (Lipinski definition) is 1. The van der Waals surface area contributed by atoms with E-state index < -0.39 is 0 Å². The van der Waals surface area contributed by atoms with Crippen molar-refractivity contribution in [2.75, 3.05) is 33.4 Å². The molecule has 35 heavy (non-hydrogen) atoms. The highest BCUT2D eigenvalue weighted by Crippen LogP contribution is 2.39. The molecule has 0 aromatic heterocycles. The molecule has 0 bridgehead atoms. The first-order valence-corrected chi connectivity index (χ1v) is 12.4.